The van der Waals surface area contributed by atoms with Gasteiger partial charge in [-0.15, -0.1) is 0 Å². The molecule has 1 atom stereocenters. The van der Waals surface area contributed by atoms with Crippen LogP contribution in [0, 0.1) is 12.7 Å². The quantitative estimate of drug-likeness (QED) is 0.887. The maximum Gasteiger partial charge on any atom is 0.165 e. The average Bonchev–Trinajstić information content (AvgIpc) is 2.36. The van der Waals surface area contributed by atoms with Crippen LogP contribution in [-0.4, -0.2) is 0 Å². The van der Waals surface area contributed by atoms with Crippen LogP contribution in [0.2, 0.25) is 0 Å². The Morgan fingerprint density at radius 1 is 1.16 bits per heavy atom. The van der Waals surface area contributed by atoms with Crippen molar-refractivity contribution in [2.24, 2.45) is 5.73 Å². The van der Waals surface area contributed by atoms with Gasteiger partial charge < -0.3 is 10.5 Å². The van der Waals surface area contributed by atoms with Gasteiger partial charge in [-0.3, -0.25) is 0 Å². The van der Waals surface area contributed by atoms with Gasteiger partial charge in [-0.05, 0) is 65.2 Å². The minimum absolute atomic E-state index is 0.0546. The van der Waals surface area contributed by atoms with E-state index in [9.17, 15) is 4.39 Å². The summed E-state index contributed by atoms with van der Waals surface area (Å²) in [5.74, 6) is 0.400. The van der Waals surface area contributed by atoms with Crippen LogP contribution in [0.5, 0.6) is 11.5 Å². The van der Waals surface area contributed by atoms with Crippen LogP contribution in [-0.2, 0) is 0 Å². The third-order valence-corrected chi connectivity index (χ3v) is 3.41. The molecule has 2 nitrogen and oxygen atoms in total. The summed E-state index contributed by atoms with van der Waals surface area (Å²) in [7, 11) is 0. The van der Waals surface area contributed by atoms with Crippen molar-refractivity contribution in [3.63, 3.8) is 0 Å². The van der Waals surface area contributed by atoms with Crippen molar-refractivity contribution < 1.29 is 9.13 Å². The lowest BCUT2D eigenvalue weighted by Crippen LogP contribution is -2.04. The molecule has 4 heteroatoms. The second kappa shape index (κ2) is 5.72. The van der Waals surface area contributed by atoms with Crippen molar-refractivity contribution >= 4 is 15.9 Å². The summed E-state index contributed by atoms with van der Waals surface area (Å²) in [5, 5.41) is 0. The topological polar surface area (TPSA) is 35.2 Å². The van der Waals surface area contributed by atoms with Crippen LogP contribution in [0.3, 0.4) is 0 Å². The lowest BCUT2D eigenvalue weighted by atomic mass is 10.1. The summed E-state index contributed by atoms with van der Waals surface area (Å²) in [6.45, 7) is 3.79. The van der Waals surface area contributed by atoms with Gasteiger partial charge in [0.2, 0.25) is 0 Å². The van der Waals surface area contributed by atoms with Crippen LogP contribution >= 0.6 is 15.9 Å². The Morgan fingerprint density at radius 3 is 2.53 bits per heavy atom. The largest absolute Gasteiger partial charge is 0.453 e. The maximum absolute atomic E-state index is 13.6. The lowest BCUT2D eigenvalue weighted by molar-refractivity contribution is 0.439. The van der Waals surface area contributed by atoms with Crippen LogP contribution in [0.25, 0.3) is 0 Å². The SMILES string of the molecule is Cc1ccc(F)c(Oc2ccc([C@H](C)N)cc2Br)c1. The second-order valence-electron chi connectivity index (χ2n) is 4.51. The molecular formula is C15H15BrFNO. The van der Waals surface area contributed by atoms with E-state index in [4.69, 9.17) is 10.5 Å². The number of halogens is 2. The van der Waals surface area contributed by atoms with Crippen molar-refractivity contribution in [3.8, 4) is 11.5 Å². The molecular weight excluding hydrogens is 309 g/mol. The highest BCUT2D eigenvalue weighted by Gasteiger charge is 2.09. The molecule has 19 heavy (non-hydrogen) atoms. The normalized spacial score (nSPS) is 12.3. The number of nitrogens with two attached hydrogens (primary N) is 1. The zero-order valence-corrected chi connectivity index (χ0v) is 12.4. The van der Waals surface area contributed by atoms with E-state index >= 15 is 0 Å². The fourth-order valence-electron chi connectivity index (χ4n) is 1.69. The maximum atomic E-state index is 13.6. The molecule has 0 aromatic heterocycles. The minimum atomic E-state index is -0.381. The molecule has 0 saturated heterocycles. The van der Waals surface area contributed by atoms with E-state index in [-0.39, 0.29) is 17.6 Å². The Morgan fingerprint density at radius 2 is 1.89 bits per heavy atom. The Bertz CT molecular complexity index is 599. The molecule has 0 unspecified atom stereocenters. The molecule has 0 spiro atoms. The average molecular weight is 324 g/mol. The molecule has 0 bridgehead atoms. The van der Waals surface area contributed by atoms with Gasteiger partial charge in [0.1, 0.15) is 5.75 Å². The summed E-state index contributed by atoms with van der Waals surface area (Å²) in [6.07, 6.45) is 0. The molecule has 0 aliphatic carbocycles. The molecule has 0 saturated carbocycles. The van der Waals surface area contributed by atoms with Crippen LogP contribution < -0.4 is 10.5 Å². The summed E-state index contributed by atoms with van der Waals surface area (Å²) >= 11 is 3.41. The molecule has 0 fully saturated rings. The van der Waals surface area contributed by atoms with Gasteiger partial charge in [-0.2, -0.15) is 0 Å². The van der Waals surface area contributed by atoms with Gasteiger partial charge >= 0.3 is 0 Å². The highest BCUT2D eigenvalue weighted by molar-refractivity contribution is 9.10. The number of hydrogen-bond acceptors (Lipinski definition) is 2. The summed E-state index contributed by atoms with van der Waals surface area (Å²) in [5.41, 5.74) is 7.74. The first-order valence-corrected chi connectivity index (χ1v) is 6.75. The first kappa shape index (κ1) is 14.0. The van der Waals surface area contributed by atoms with Crippen molar-refractivity contribution in [1.29, 1.82) is 0 Å². The summed E-state index contributed by atoms with van der Waals surface area (Å²) < 4.78 is 20.0. The monoisotopic (exact) mass is 323 g/mol. The van der Waals surface area contributed by atoms with Gasteiger partial charge in [-0.1, -0.05) is 12.1 Å². The van der Waals surface area contributed by atoms with Crippen molar-refractivity contribution in [2.75, 3.05) is 0 Å². The molecule has 2 aromatic rings. The molecule has 2 rings (SSSR count). The molecule has 100 valence electrons. The molecule has 0 aliphatic rings. The number of rotatable bonds is 3. The third kappa shape index (κ3) is 3.33. The van der Waals surface area contributed by atoms with E-state index in [0.29, 0.717) is 5.75 Å². The fourth-order valence-corrected chi connectivity index (χ4v) is 2.17. The minimum Gasteiger partial charge on any atom is -0.453 e. The molecule has 0 aliphatic heterocycles. The second-order valence-corrected chi connectivity index (χ2v) is 5.37. The van der Waals surface area contributed by atoms with Crippen LogP contribution in [0.15, 0.2) is 40.9 Å². The Kier molecular flexibility index (Phi) is 4.22. The van der Waals surface area contributed by atoms with E-state index < -0.39 is 0 Å². The van der Waals surface area contributed by atoms with E-state index in [0.717, 1.165) is 15.6 Å². The number of ether oxygens (including phenoxy) is 1. The molecule has 0 amide bonds. The highest BCUT2D eigenvalue weighted by atomic mass is 79.9. The predicted molar refractivity (Wildman–Crippen MR) is 78.0 cm³/mol. The summed E-state index contributed by atoms with van der Waals surface area (Å²) in [4.78, 5) is 0. The van der Waals surface area contributed by atoms with E-state index in [1.54, 1.807) is 18.2 Å². The molecule has 0 heterocycles. The van der Waals surface area contributed by atoms with Gasteiger partial charge in [-0.25, -0.2) is 4.39 Å². The first-order valence-electron chi connectivity index (χ1n) is 5.96. The third-order valence-electron chi connectivity index (χ3n) is 2.79. The predicted octanol–water partition coefficient (Wildman–Crippen LogP) is 4.71. The molecule has 0 radical (unpaired) electrons. The fraction of sp³-hybridized carbons (Fsp3) is 0.200. The Balaban J connectivity index is 2.31. The van der Waals surface area contributed by atoms with Crippen molar-refractivity contribution in [3.05, 3.63) is 57.8 Å². The number of benzene rings is 2. The smallest absolute Gasteiger partial charge is 0.165 e. The van der Waals surface area contributed by atoms with Crippen LogP contribution in [0.1, 0.15) is 24.1 Å². The lowest BCUT2D eigenvalue weighted by Gasteiger charge is -2.12. The zero-order chi connectivity index (χ0) is 14.0. The zero-order valence-electron chi connectivity index (χ0n) is 10.8. The molecule has 2 N–H and O–H groups in total. The van der Waals surface area contributed by atoms with E-state index in [1.165, 1.54) is 6.07 Å². The highest BCUT2D eigenvalue weighted by Crippen LogP contribution is 2.33. The summed E-state index contributed by atoms with van der Waals surface area (Å²) in [6, 6.07) is 10.3. The number of hydrogen-bond donors (Lipinski definition) is 1. The van der Waals surface area contributed by atoms with E-state index in [2.05, 4.69) is 15.9 Å². The number of aryl methyl sites for hydroxylation is 1. The Labute approximate surface area is 120 Å². The van der Waals surface area contributed by atoms with Gasteiger partial charge in [0, 0.05) is 6.04 Å². The van der Waals surface area contributed by atoms with Gasteiger partial charge in [0.15, 0.2) is 11.6 Å². The Hall–Kier alpha value is -1.39. The first-order chi connectivity index (χ1) is 8.97. The van der Waals surface area contributed by atoms with Crippen molar-refractivity contribution in [2.45, 2.75) is 19.9 Å². The molecule has 2 aromatic carbocycles. The standard InChI is InChI=1S/C15H15BrFNO/c1-9-3-5-13(17)15(7-9)19-14-6-4-11(10(2)18)8-12(14)16/h3-8,10H,18H2,1-2H3/t10-/m0/s1. The van der Waals surface area contributed by atoms with Gasteiger partial charge in [0.25, 0.3) is 0 Å². The van der Waals surface area contributed by atoms with Crippen LogP contribution in [0.4, 0.5) is 4.39 Å². The van der Waals surface area contributed by atoms with Crippen molar-refractivity contribution in [1.82, 2.24) is 0 Å². The van der Waals surface area contributed by atoms with Gasteiger partial charge in [0.05, 0.1) is 4.47 Å². The van der Waals surface area contributed by atoms with E-state index in [1.807, 2.05) is 26.0 Å².